The minimum Gasteiger partial charge on any atom is -0.392 e. The first kappa shape index (κ1) is 14.0. The van der Waals surface area contributed by atoms with E-state index in [1.807, 2.05) is 0 Å². The van der Waals surface area contributed by atoms with E-state index in [0.717, 1.165) is 5.56 Å². The second-order valence-electron chi connectivity index (χ2n) is 4.08. The number of aliphatic hydroxyl groups is 1. The van der Waals surface area contributed by atoms with Crippen LogP contribution in [-0.2, 0) is 6.61 Å². The molecule has 3 N–H and O–H groups in total. The summed E-state index contributed by atoms with van der Waals surface area (Å²) in [5, 5.41) is 14.1. The van der Waals surface area contributed by atoms with Gasteiger partial charge in [0, 0.05) is 18.9 Å². The van der Waals surface area contributed by atoms with E-state index in [1.165, 1.54) is 19.3 Å². The highest BCUT2D eigenvalue weighted by atomic mass is 19.1. The number of hydrogen-bond acceptors (Lipinski definition) is 4. The maximum atomic E-state index is 13.9. The molecule has 0 atom stereocenters. The lowest BCUT2D eigenvalue weighted by atomic mass is 10.2. The van der Waals surface area contributed by atoms with Gasteiger partial charge in [-0.1, -0.05) is 12.1 Å². The molecule has 5 nitrogen and oxygen atoms in total. The van der Waals surface area contributed by atoms with Crippen molar-refractivity contribution in [1.29, 1.82) is 0 Å². The summed E-state index contributed by atoms with van der Waals surface area (Å²) in [6.45, 7) is -0.0707. The van der Waals surface area contributed by atoms with Crippen LogP contribution in [0.3, 0.4) is 0 Å². The zero-order valence-corrected chi connectivity index (χ0v) is 10.9. The van der Waals surface area contributed by atoms with E-state index in [1.54, 1.807) is 24.3 Å². The lowest BCUT2D eigenvalue weighted by Gasteiger charge is -2.08. The number of carbonyl (C=O) groups excluding carboxylic acids is 1. The van der Waals surface area contributed by atoms with Gasteiger partial charge in [-0.25, -0.2) is 9.37 Å². The van der Waals surface area contributed by atoms with Crippen LogP contribution in [0.25, 0.3) is 0 Å². The molecule has 0 aliphatic carbocycles. The van der Waals surface area contributed by atoms with Crippen LogP contribution in [-0.4, -0.2) is 23.0 Å². The monoisotopic (exact) mass is 275 g/mol. The normalized spacial score (nSPS) is 10.2. The van der Waals surface area contributed by atoms with E-state index in [0.29, 0.717) is 5.69 Å². The fourth-order valence-corrected chi connectivity index (χ4v) is 1.69. The number of aromatic nitrogens is 1. The summed E-state index contributed by atoms with van der Waals surface area (Å²) in [7, 11) is 1.53. The topological polar surface area (TPSA) is 74.2 Å². The van der Waals surface area contributed by atoms with Crippen molar-refractivity contribution in [2.75, 3.05) is 17.7 Å². The molecule has 0 saturated heterocycles. The summed E-state index contributed by atoms with van der Waals surface area (Å²) in [4.78, 5) is 15.8. The Hall–Kier alpha value is -2.47. The number of nitrogens with zero attached hydrogens (tertiary/aromatic N) is 1. The lowest BCUT2D eigenvalue weighted by Crippen LogP contribution is -2.15. The Morgan fingerprint density at radius 2 is 2.00 bits per heavy atom. The Balaban J connectivity index is 2.19. The molecule has 0 radical (unpaired) electrons. The second kappa shape index (κ2) is 6.12. The lowest BCUT2D eigenvalue weighted by molar-refractivity contribution is 0.102. The third kappa shape index (κ3) is 2.92. The Labute approximate surface area is 115 Å². The Kier molecular flexibility index (Phi) is 4.27. The van der Waals surface area contributed by atoms with Crippen molar-refractivity contribution in [3.8, 4) is 0 Å². The number of carbonyl (C=O) groups is 1. The quantitative estimate of drug-likeness (QED) is 0.798. The van der Waals surface area contributed by atoms with Gasteiger partial charge < -0.3 is 15.7 Å². The van der Waals surface area contributed by atoms with Crippen LogP contribution in [0.1, 0.15) is 15.9 Å². The number of aliphatic hydroxyl groups excluding tert-OH is 1. The predicted octanol–water partition coefficient (Wildman–Crippen LogP) is 2.01. The zero-order valence-electron chi connectivity index (χ0n) is 10.9. The van der Waals surface area contributed by atoms with Crippen LogP contribution in [0.5, 0.6) is 0 Å². The first-order valence-electron chi connectivity index (χ1n) is 5.99. The molecule has 1 aromatic carbocycles. The highest BCUT2D eigenvalue weighted by Gasteiger charge is 2.15. The van der Waals surface area contributed by atoms with Crippen LogP contribution in [0.4, 0.5) is 15.9 Å². The number of halogens is 1. The van der Waals surface area contributed by atoms with Crippen molar-refractivity contribution < 1.29 is 14.3 Å². The first-order chi connectivity index (χ1) is 9.65. The molecule has 6 heteroatoms. The number of anilines is 2. The molecule has 1 amide bonds. The minimum absolute atomic E-state index is 0.0216. The number of nitrogens with one attached hydrogen (secondary N) is 2. The Bertz CT molecular complexity index is 614. The average molecular weight is 275 g/mol. The summed E-state index contributed by atoms with van der Waals surface area (Å²) < 4.78 is 13.9. The van der Waals surface area contributed by atoms with Crippen molar-refractivity contribution in [3.63, 3.8) is 0 Å². The largest absolute Gasteiger partial charge is 0.392 e. The molecule has 0 fully saturated rings. The Morgan fingerprint density at radius 3 is 2.60 bits per heavy atom. The van der Waals surface area contributed by atoms with Crippen molar-refractivity contribution in [2.24, 2.45) is 0 Å². The molecule has 0 aliphatic rings. The number of benzene rings is 1. The van der Waals surface area contributed by atoms with Crippen LogP contribution < -0.4 is 10.6 Å². The van der Waals surface area contributed by atoms with Crippen molar-refractivity contribution >= 4 is 17.4 Å². The van der Waals surface area contributed by atoms with Crippen molar-refractivity contribution in [3.05, 3.63) is 53.5 Å². The summed E-state index contributed by atoms with van der Waals surface area (Å²) >= 11 is 0. The molecule has 2 aromatic rings. The third-order valence-electron chi connectivity index (χ3n) is 2.77. The average Bonchev–Trinajstić information content (AvgIpc) is 2.48. The molecule has 1 aromatic heterocycles. The molecule has 0 aliphatic heterocycles. The smallest absolute Gasteiger partial charge is 0.258 e. The van der Waals surface area contributed by atoms with Gasteiger partial charge in [0.05, 0.1) is 12.2 Å². The molecule has 104 valence electrons. The van der Waals surface area contributed by atoms with Crippen LogP contribution in [0.2, 0.25) is 0 Å². The first-order valence-corrected chi connectivity index (χ1v) is 5.99. The molecule has 20 heavy (non-hydrogen) atoms. The van der Waals surface area contributed by atoms with Gasteiger partial charge in [-0.05, 0) is 23.8 Å². The van der Waals surface area contributed by atoms with Gasteiger partial charge in [0.15, 0.2) is 11.6 Å². The predicted molar refractivity (Wildman–Crippen MR) is 74.1 cm³/mol. The van der Waals surface area contributed by atoms with Gasteiger partial charge in [-0.2, -0.15) is 0 Å². The number of rotatable bonds is 4. The van der Waals surface area contributed by atoms with E-state index >= 15 is 0 Å². The maximum absolute atomic E-state index is 13.9. The molecule has 1 heterocycles. The van der Waals surface area contributed by atoms with E-state index in [2.05, 4.69) is 15.6 Å². The van der Waals surface area contributed by atoms with Crippen molar-refractivity contribution in [1.82, 2.24) is 4.98 Å². The van der Waals surface area contributed by atoms with Crippen LogP contribution in [0, 0.1) is 5.82 Å². The molecule has 0 unspecified atom stereocenters. The van der Waals surface area contributed by atoms with Gasteiger partial charge in [0.2, 0.25) is 0 Å². The second-order valence-corrected chi connectivity index (χ2v) is 4.08. The summed E-state index contributed by atoms with van der Waals surface area (Å²) in [5.74, 6) is -1.23. The van der Waals surface area contributed by atoms with Gasteiger partial charge in [0.1, 0.15) is 0 Å². The Morgan fingerprint density at radius 1 is 1.30 bits per heavy atom. The van der Waals surface area contributed by atoms with E-state index in [4.69, 9.17) is 5.11 Å². The molecule has 2 rings (SSSR count). The summed E-state index contributed by atoms with van der Waals surface area (Å²) in [6.07, 6.45) is 1.36. The summed E-state index contributed by atoms with van der Waals surface area (Å²) in [5.41, 5.74) is 1.17. The van der Waals surface area contributed by atoms with E-state index in [9.17, 15) is 9.18 Å². The molecule has 0 bridgehead atoms. The fourth-order valence-electron chi connectivity index (χ4n) is 1.69. The highest BCUT2D eigenvalue weighted by Crippen LogP contribution is 2.17. The molecule has 0 saturated carbocycles. The van der Waals surface area contributed by atoms with Gasteiger partial charge in [-0.15, -0.1) is 0 Å². The van der Waals surface area contributed by atoms with E-state index < -0.39 is 11.7 Å². The van der Waals surface area contributed by atoms with Gasteiger partial charge in [0.25, 0.3) is 5.91 Å². The molecular weight excluding hydrogens is 261 g/mol. The van der Waals surface area contributed by atoms with Crippen LogP contribution in [0.15, 0.2) is 36.5 Å². The maximum Gasteiger partial charge on any atom is 0.258 e. The zero-order chi connectivity index (χ0) is 14.5. The minimum atomic E-state index is -0.695. The van der Waals surface area contributed by atoms with Gasteiger partial charge >= 0.3 is 0 Å². The van der Waals surface area contributed by atoms with Crippen molar-refractivity contribution in [2.45, 2.75) is 6.61 Å². The molecular formula is C14H14FN3O2. The number of amides is 1. The molecule has 0 spiro atoms. The summed E-state index contributed by atoms with van der Waals surface area (Å²) in [6, 6.07) is 7.95. The highest BCUT2D eigenvalue weighted by molar-refractivity contribution is 6.04. The SMILES string of the molecule is CNc1nccc(C(=O)Nc2ccc(CO)cc2)c1F. The van der Waals surface area contributed by atoms with Gasteiger partial charge in [-0.3, -0.25) is 4.79 Å². The number of pyridine rings is 1. The van der Waals surface area contributed by atoms with E-state index in [-0.39, 0.29) is 18.0 Å². The standard InChI is InChI=1S/C14H14FN3O2/c1-16-13-12(15)11(6-7-17-13)14(20)18-10-4-2-9(8-19)3-5-10/h2-7,19H,8H2,1H3,(H,16,17)(H,18,20). The fraction of sp³-hybridized carbons (Fsp3) is 0.143. The third-order valence-corrected chi connectivity index (χ3v) is 2.77. The van der Waals surface area contributed by atoms with Crippen LogP contribution >= 0.6 is 0 Å². The number of hydrogen-bond donors (Lipinski definition) is 3.